The summed E-state index contributed by atoms with van der Waals surface area (Å²) in [7, 11) is -1.64. The normalized spacial score (nSPS) is 20.5. The van der Waals surface area contributed by atoms with Crippen molar-refractivity contribution in [2.45, 2.75) is 17.9 Å². The van der Waals surface area contributed by atoms with Gasteiger partial charge in [-0.25, -0.2) is 8.42 Å². The number of piperazine rings is 1. The Kier molecular flexibility index (Phi) is 4.91. The van der Waals surface area contributed by atoms with E-state index in [1.807, 2.05) is 14.0 Å². The summed E-state index contributed by atoms with van der Waals surface area (Å²) < 4.78 is 24.5. The molecule has 0 saturated carbocycles. The average molecular weight is 331 g/mol. The van der Waals surface area contributed by atoms with Crippen molar-refractivity contribution < 1.29 is 13.2 Å². The molecule has 1 aromatic carbocycles. The number of benzene rings is 1. The van der Waals surface area contributed by atoms with Crippen LogP contribution in [0.15, 0.2) is 29.2 Å². The van der Waals surface area contributed by atoms with Crippen LogP contribution in [0.4, 0.5) is 0 Å². The lowest BCUT2D eigenvalue weighted by molar-refractivity contribution is -0.132. The number of sulfone groups is 1. The van der Waals surface area contributed by atoms with Gasteiger partial charge in [0.05, 0.1) is 4.90 Å². The van der Waals surface area contributed by atoms with Gasteiger partial charge in [-0.05, 0) is 38.2 Å². The van der Waals surface area contributed by atoms with E-state index in [1.54, 1.807) is 4.90 Å². The van der Waals surface area contributed by atoms with Crippen LogP contribution in [0.2, 0.25) is 5.02 Å². The highest BCUT2D eigenvalue weighted by atomic mass is 35.5. The van der Waals surface area contributed by atoms with E-state index in [1.165, 1.54) is 24.3 Å². The van der Waals surface area contributed by atoms with Gasteiger partial charge in [-0.15, -0.1) is 0 Å². The van der Waals surface area contributed by atoms with Crippen molar-refractivity contribution in [1.82, 2.24) is 9.80 Å². The van der Waals surface area contributed by atoms with Crippen molar-refractivity contribution in [2.75, 3.05) is 32.4 Å². The van der Waals surface area contributed by atoms with Crippen molar-refractivity contribution >= 4 is 27.3 Å². The van der Waals surface area contributed by atoms with Gasteiger partial charge >= 0.3 is 0 Å². The zero-order valence-corrected chi connectivity index (χ0v) is 13.7. The first kappa shape index (κ1) is 16.3. The maximum Gasteiger partial charge on any atom is 0.238 e. The molecule has 0 unspecified atom stereocenters. The second-order valence-corrected chi connectivity index (χ2v) is 7.84. The Hall–Kier alpha value is -1.11. The molecule has 1 heterocycles. The quantitative estimate of drug-likeness (QED) is 0.837. The number of halogens is 1. The molecule has 1 aliphatic heterocycles. The summed E-state index contributed by atoms with van der Waals surface area (Å²) in [4.78, 5) is 16.2. The van der Waals surface area contributed by atoms with Crippen molar-refractivity contribution in [3.8, 4) is 0 Å². The molecule has 1 amide bonds. The van der Waals surface area contributed by atoms with Crippen LogP contribution in [0.25, 0.3) is 0 Å². The Balaban J connectivity index is 2.09. The fourth-order valence-electron chi connectivity index (χ4n) is 2.48. The van der Waals surface area contributed by atoms with Crippen molar-refractivity contribution in [3.05, 3.63) is 29.3 Å². The number of hydrogen-bond donors (Lipinski definition) is 0. The average Bonchev–Trinajstić information content (AvgIpc) is 2.38. The van der Waals surface area contributed by atoms with Gasteiger partial charge in [-0.3, -0.25) is 4.79 Å². The molecular formula is C14H19ClN2O3S. The van der Waals surface area contributed by atoms with Gasteiger partial charge in [0, 0.05) is 30.7 Å². The lowest BCUT2D eigenvalue weighted by atomic mass is 10.2. The number of rotatable bonds is 3. The fourth-order valence-corrected chi connectivity index (χ4v) is 3.82. The summed E-state index contributed by atoms with van der Waals surface area (Å²) >= 11 is 5.75. The number of likely N-dealkylation sites (N-methyl/N-ethyl adjacent to an activating group) is 1. The number of hydrogen-bond acceptors (Lipinski definition) is 4. The second-order valence-electron chi connectivity index (χ2n) is 5.41. The summed E-state index contributed by atoms with van der Waals surface area (Å²) in [5.41, 5.74) is 0. The van der Waals surface area contributed by atoms with Crippen LogP contribution < -0.4 is 0 Å². The highest BCUT2D eigenvalue weighted by molar-refractivity contribution is 7.92. The van der Waals surface area contributed by atoms with Gasteiger partial charge in [0.1, 0.15) is 5.75 Å². The van der Waals surface area contributed by atoms with Gasteiger partial charge in [-0.2, -0.15) is 0 Å². The summed E-state index contributed by atoms with van der Waals surface area (Å²) in [5.74, 6) is -0.839. The molecule has 1 fully saturated rings. The Morgan fingerprint density at radius 1 is 1.29 bits per heavy atom. The third-order valence-corrected chi connectivity index (χ3v) is 5.51. The summed E-state index contributed by atoms with van der Waals surface area (Å²) in [6.45, 7) is 4.01. The molecule has 21 heavy (non-hydrogen) atoms. The smallest absolute Gasteiger partial charge is 0.238 e. The van der Waals surface area contributed by atoms with Crippen LogP contribution in [-0.2, 0) is 14.6 Å². The zero-order valence-electron chi connectivity index (χ0n) is 12.1. The first-order valence-corrected chi connectivity index (χ1v) is 8.79. The standard InChI is InChI=1S/C14H19ClN2O3S/c1-11-9-16(2)7-8-17(11)14(18)10-21(19,20)13-5-3-12(15)4-6-13/h3-6,11H,7-10H2,1-2H3/t11-/m0/s1. The first-order valence-electron chi connectivity index (χ1n) is 6.76. The second kappa shape index (κ2) is 6.34. The molecule has 0 aromatic heterocycles. The molecule has 0 radical (unpaired) electrons. The zero-order chi connectivity index (χ0) is 15.6. The van der Waals surface area contributed by atoms with Crippen LogP contribution in [0.1, 0.15) is 6.92 Å². The van der Waals surface area contributed by atoms with Gasteiger partial charge in [0.2, 0.25) is 5.91 Å². The summed E-state index contributed by atoms with van der Waals surface area (Å²) in [6.07, 6.45) is 0. The Morgan fingerprint density at radius 2 is 1.90 bits per heavy atom. The monoisotopic (exact) mass is 330 g/mol. The molecule has 2 rings (SSSR count). The van der Waals surface area contributed by atoms with Gasteiger partial charge in [-0.1, -0.05) is 11.6 Å². The van der Waals surface area contributed by atoms with Crippen LogP contribution in [0, 0.1) is 0 Å². The van der Waals surface area contributed by atoms with Gasteiger partial charge in [0.15, 0.2) is 9.84 Å². The van der Waals surface area contributed by atoms with E-state index in [0.717, 1.165) is 13.1 Å². The topological polar surface area (TPSA) is 57.7 Å². The lowest BCUT2D eigenvalue weighted by Gasteiger charge is -2.38. The molecule has 1 aliphatic rings. The van der Waals surface area contributed by atoms with Crippen molar-refractivity contribution in [2.24, 2.45) is 0 Å². The lowest BCUT2D eigenvalue weighted by Crippen LogP contribution is -2.54. The minimum Gasteiger partial charge on any atom is -0.337 e. The minimum absolute atomic E-state index is 0.0247. The molecule has 5 nitrogen and oxygen atoms in total. The number of nitrogens with zero attached hydrogens (tertiary/aromatic N) is 2. The summed E-state index contributed by atoms with van der Waals surface area (Å²) in [5, 5.41) is 0.466. The number of carbonyl (C=O) groups excluding carboxylic acids is 1. The summed E-state index contributed by atoms with van der Waals surface area (Å²) in [6, 6.07) is 5.91. The fraction of sp³-hybridized carbons (Fsp3) is 0.500. The predicted octanol–water partition coefficient (Wildman–Crippen LogP) is 1.28. The van der Waals surface area contributed by atoms with E-state index in [-0.39, 0.29) is 16.8 Å². The molecular weight excluding hydrogens is 312 g/mol. The highest BCUT2D eigenvalue weighted by Crippen LogP contribution is 2.17. The van der Waals surface area contributed by atoms with Crippen LogP contribution in [0.3, 0.4) is 0 Å². The SMILES string of the molecule is C[C@H]1CN(C)CCN1C(=O)CS(=O)(=O)c1ccc(Cl)cc1. The molecule has 116 valence electrons. The van der Waals surface area contributed by atoms with Crippen molar-refractivity contribution in [1.29, 1.82) is 0 Å². The molecule has 0 aliphatic carbocycles. The molecule has 0 spiro atoms. The van der Waals surface area contributed by atoms with Crippen LogP contribution in [0.5, 0.6) is 0 Å². The van der Waals surface area contributed by atoms with Crippen molar-refractivity contribution in [3.63, 3.8) is 0 Å². The van der Waals surface area contributed by atoms with Crippen LogP contribution >= 0.6 is 11.6 Å². The van der Waals surface area contributed by atoms with Crippen LogP contribution in [-0.4, -0.2) is 62.6 Å². The molecule has 7 heteroatoms. The largest absolute Gasteiger partial charge is 0.337 e. The first-order chi connectivity index (χ1) is 9.79. The minimum atomic E-state index is -3.63. The van der Waals surface area contributed by atoms with Gasteiger partial charge in [0.25, 0.3) is 0 Å². The Bertz CT molecular complexity index is 616. The maximum atomic E-state index is 12.3. The van der Waals surface area contributed by atoms with E-state index < -0.39 is 15.6 Å². The van der Waals surface area contributed by atoms with E-state index in [0.29, 0.717) is 11.6 Å². The van der Waals surface area contributed by atoms with Gasteiger partial charge < -0.3 is 9.80 Å². The third kappa shape index (κ3) is 3.96. The van der Waals surface area contributed by atoms with E-state index >= 15 is 0 Å². The predicted molar refractivity (Wildman–Crippen MR) is 82.2 cm³/mol. The van der Waals surface area contributed by atoms with E-state index in [4.69, 9.17) is 11.6 Å². The maximum absolute atomic E-state index is 12.3. The number of amides is 1. The Morgan fingerprint density at radius 3 is 2.48 bits per heavy atom. The molecule has 0 bridgehead atoms. The molecule has 1 aromatic rings. The highest BCUT2D eigenvalue weighted by Gasteiger charge is 2.29. The molecule has 1 saturated heterocycles. The Labute approximate surface area is 130 Å². The molecule has 0 N–H and O–H groups in total. The van der Waals surface area contributed by atoms with E-state index in [2.05, 4.69) is 4.90 Å². The van der Waals surface area contributed by atoms with E-state index in [9.17, 15) is 13.2 Å². The molecule has 1 atom stereocenters. The number of carbonyl (C=O) groups is 1. The third-order valence-electron chi connectivity index (χ3n) is 3.64.